The van der Waals surface area contributed by atoms with Gasteiger partial charge < -0.3 is 0 Å². The maximum Gasteiger partial charge on any atom is 0.246 e. The number of amides is 1. The molecule has 1 aromatic rings. The lowest BCUT2D eigenvalue weighted by atomic mass is 10.1. The maximum atomic E-state index is 11.2. The van der Waals surface area contributed by atoms with E-state index in [0.29, 0.717) is 0 Å². The molecule has 7 heteroatoms. The van der Waals surface area contributed by atoms with Crippen LogP contribution in [-0.2, 0) is 4.79 Å². The Hall–Kier alpha value is -1.97. The minimum Gasteiger partial charge on any atom is -0.293 e. The van der Waals surface area contributed by atoms with Crippen LogP contribution in [0.1, 0.15) is 13.3 Å². The van der Waals surface area contributed by atoms with Gasteiger partial charge in [-0.25, -0.2) is 5.10 Å². The molecule has 13 heavy (non-hydrogen) atoms. The predicted molar refractivity (Wildman–Crippen MR) is 42.2 cm³/mol. The van der Waals surface area contributed by atoms with Gasteiger partial charge in [0.05, 0.1) is 6.07 Å². The third kappa shape index (κ3) is 2.52. The molecule has 68 valence electrons. The summed E-state index contributed by atoms with van der Waals surface area (Å²) in [5.74, 6) is -0.454. The molecule has 1 unspecified atom stereocenters. The van der Waals surface area contributed by atoms with E-state index in [0.717, 1.165) is 0 Å². The van der Waals surface area contributed by atoms with Crippen LogP contribution in [0.25, 0.3) is 0 Å². The summed E-state index contributed by atoms with van der Waals surface area (Å²) in [5.41, 5.74) is 0. The number of nitriles is 1. The number of anilines is 1. The molecule has 1 rings (SSSR count). The van der Waals surface area contributed by atoms with E-state index < -0.39 is 0 Å². The summed E-state index contributed by atoms with van der Waals surface area (Å²) in [4.78, 5) is 11.2. The third-order valence-electron chi connectivity index (χ3n) is 1.43. The molecule has 0 spiro atoms. The Morgan fingerprint density at radius 3 is 3.15 bits per heavy atom. The van der Waals surface area contributed by atoms with E-state index in [1.54, 1.807) is 6.92 Å². The monoisotopic (exact) mass is 180 g/mol. The molecule has 0 aliphatic rings. The van der Waals surface area contributed by atoms with Crippen molar-refractivity contribution in [2.45, 2.75) is 13.3 Å². The van der Waals surface area contributed by atoms with Crippen molar-refractivity contribution in [3.63, 3.8) is 0 Å². The van der Waals surface area contributed by atoms with Gasteiger partial charge in [-0.1, -0.05) is 12.0 Å². The largest absolute Gasteiger partial charge is 0.293 e. The van der Waals surface area contributed by atoms with E-state index in [2.05, 4.69) is 25.9 Å². The molecule has 0 aliphatic heterocycles. The normalized spacial score (nSPS) is 11.7. The first-order valence-electron chi connectivity index (χ1n) is 3.65. The molecule has 2 N–H and O–H groups in total. The van der Waals surface area contributed by atoms with Crippen LogP contribution in [0.15, 0.2) is 0 Å². The summed E-state index contributed by atoms with van der Waals surface area (Å²) in [6, 6.07) is 1.91. The Bertz CT molecular complexity index is 312. The van der Waals surface area contributed by atoms with E-state index in [-0.39, 0.29) is 24.2 Å². The quantitative estimate of drug-likeness (QED) is 0.663. The van der Waals surface area contributed by atoms with E-state index in [4.69, 9.17) is 5.26 Å². The average Bonchev–Trinajstić information content (AvgIpc) is 2.57. The van der Waals surface area contributed by atoms with Crippen LogP contribution in [0.4, 0.5) is 5.95 Å². The van der Waals surface area contributed by atoms with Crippen molar-refractivity contribution >= 4 is 11.9 Å². The Morgan fingerprint density at radius 2 is 2.62 bits per heavy atom. The van der Waals surface area contributed by atoms with Gasteiger partial charge in [-0.15, -0.1) is 0 Å². The fraction of sp³-hybridized carbons (Fsp3) is 0.500. The zero-order chi connectivity index (χ0) is 9.68. The van der Waals surface area contributed by atoms with Crippen LogP contribution in [-0.4, -0.2) is 26.5 Å². The number of H-pyrrole nitrogens is 1. The van der Waals surface area contributed by atoms with E-state index in [1.165, 1.54) is 0 Å². The number of nitrogens with zero attached hydrogens (tertiary/aromatic N) is 4. The minimum absolute atomic E-state index is 0.174. The second-order valence-electron chi connectivity index (χ2n) is 2.50. The summed E-state index contributed by atoms with van der Waals surface area (Å²) in [6.45, 7) is 1.66. The zero-order valence-electron chi connectivity index (χ0n) is 6.98. The molecule has 0 radical (unpaired) electrons. The van der Waals surface area contributed by atoms with E-state index in [9.17, 15) is 4.79 Å². The van der Waals surface area contributed by atoms with Gasteiger partial charge in [-0.3, -0.25) is 10.1 Å². The molecular weight excluding hydrogens is 172 g/mol. The molecule has 0 bridgehead atoms. The summed E-state index contributed by atoms with van der Waals surface area (Å²) >= 11 is 0. The topological polar surface area (TPSA) is 107 Å². The Balaban J connectivity index is 2.47. The Kier molecular flexibility index (Phi) is 2.92. The molecule has 1 heterocycles. The number of tetrazole rings is 1. The van der Waals surface area contributed by atoms with Gasteiger partial charge in [0.1, 0.15) is 0 Å². The summed E-state index contributed by atoms with van der Waals surface area (Å²) in [5, 5.41) is 23.2. The molecule has 0 fully saturated rings. The van der Waals surface area contributed by atoms with Crippen LogP contribution in [0, 0.1) is 17.2 Å². The van der Waals surface area contributed by atoms with Gasteiger partial charge in [0.15, 0.2) is 0 Å². The zero-order valence-corrected chi connectivity index (χ0v) is 6.98. The lowest BCUT2D eigenvalue weighted by Crippen LogP contribution is -2.20. The highest BCUT2D eigenvalue weighted by Gasteiger charge is 2.13. The number of rotatable bonds is 3. The van der Waals surface area contributed by atoms with Crippen molar-refractivity contribution in [1.29, 1.82) is 5.26 Å². The highest BCUT2D eigenvalue weighted by atomic mass is 16.2. The standard InChI is InChI=1S/C6H8N6O/c1-4(2-3-7)5(13)8-6-9-11-12-10-6/h4H,2H2,1H3,(H2,8,9,10,11,12,13). The fourth-order valence-corrected chi connectivity index (χ4v) is 0.682. The smallest absolute Gasteiger partial charge is 0.246 e. The second kappa shape index (κ2) is 4.15. The highest BCUT2D eigenvalue weighted by Crippen LogP contribution is 2.03. The van der Waals surface area contributed by atoms with Gasteiger partial charge in [0.25, 0.3) is 0 Å². The number of aromatic nitrogens is 4. The van der Waals surface area contributed by atoms with Gasteiger partial charge in [-0.2, -0.15) is 5.26 Å². The predicted octanol–water partition coefficient (Wildman–Crippen LogP) is -0.312. The van der Waals surface area contributed by atoms with Crippen molar-refractivity contribution in [1.82, 2.24) is 20.6 Å². The molecule has 1 aromatic heterocycles. The molecule has 0 saturated carbocycles. The SMILES string of the molecule is CC(CC#N)C(=O)Nc1nnn[nH]1. The molecule has 0 aliphatic carbocycles. The van der Waals surface area contributed by atoms with Crippen LogP contribution in [0.5, 0.6) is 0 Å². The number of carbonyl (C=O) groups is 1. The maximum absolute atomic E-state index is 11.2. The number of hydrogen-bond acceptors (Lipinski definition) is 5. The van der Waals surface area contributed by atoms with Crippen LogP contribution in [0.2, 0.25) is 0 Å². The molecule has 7 nitrogen and oxygen atoms in total. The number of hydrogen-bond donors (Lipinski definition) is 2. The van der Waals surface area contributed by atoms with Crippen molar-refractivity contribution in [3.05, 3.63) is 0 Å². The molecule has 0 aromatic carbocycles. The number of nitrogens with one attached hydrogen (secondary N) is 2. The number of carbonyl (C=O) groups excluding carboxylic acids is 1. The third-order valence-corrected chi connectivity index (χ3v) is 1.43. The van der Waals surface area contributed by atoms with Gasteiger partial charge >= 0.3 is 0 Å². The minimum atomic E-state index is -0.366. The molecular formula is C6H8N6O. The average molecular weight is 180 g/mol. The van der Waals surface area contributed by atoms with Crippen molar-refractivity contribution < 1.29 is 4.79 Å². The van der Waals surface area contributed by atoms with Crippen LogP contribution in [0.3, 0.4) is 0 Å². The summed E-state index contributed by atoms with van der Waals surface area (Å²) < 4.78 is 0. The first-order valence-corrected chi connectivity index (χ1v) is 3.65. The van der Waals surface area contributed by atoms with Crippen LogP contribution >= 0.6 is 0 Å². The fourth-order valence-electron chi connectivity index (χ4n) is 0.682. The number of aromatic amines is 1. The van der Waals surface area contributed by atoms with Crippen molar-refractivity contribution in [2.24, 2.45) is 5.92 Å². The highest BCUT2D eigenvalue weighted by molar-refractivity contribution is 5.90. The van der Waals surface area contributed by atoms with Crippen LogP contribution < -0.4 is 5.32 Å². The van der Waals surface area contributed by atoms with Gasteiger partial charge in [-0.05, 0) is 10.4 Å². The van der Waals surface area contributed by atoms with Gasteiger partial charge in [0, 0.05) is 12.3 Å². The lowest BCUT2D eigenvalue weighted by molar-refractivity contribution is -0.119. The molecule has 0 saturated heterocycles. The molecule has 1 atom stereocenters. The summed E-state index contributed by atoms with van der Waals surface area (Å²) in [6.07, 6.45) is 0.174. The first-order chi connectivity index (χ1) is 6.24. The Labute approximate surface area is 74.1 Å². The summed E-state index contributed by atoms with van der Waals surface area (Å²) in [7, 11) is 0. The molecule has 1 amide bonds. The first kappa shape index (κ1) is 9.12. The van der Waals surface area contributed by atoms with Crippen molar-refractivity contribution in [2.75, 3.05) is 5.32 Å². The second-order valence-corrected chi connectivity index (χ2v) is 2.50. The van der Waals surface area contributed by atoms with Crippen molar-refractivity contribution in [3.8, 4) is 6.07 Å². The van der Waals surface area contributed by atoms with Gasteiger partial charge in [0.2, 0.25) is 11.9 Å². The van der Waals surface area contributed by atoms with E-state index >= 15 is 0 Å². The Morgan fingerprint density at radius 1 is 1.85 bits per heavy atom. The van der Waals surface area contributed by atoms with E-state index in [1.807, 2.05) is 6.07 Å². The lowest BCUT2D eigenvalue weighted by Gasteiger charge is -2.04.